The third kappa shape index (κ3) is 5.33. The van der Waals surface area contributed by atoms with Crippen molar-refractivity contribution in [2.75, 3.05) is 30.8 Å². The number of hydrogen-bond donors (Lipinski definition) is 0. The Hall–Kier alpha value is -2.97. The largest absolute Gasteiger partial charge is 0.477 e. The first-order valence-electron chi connectivity index (χ1n) is 10.7. The summed E-state index contributed by atoms with van der Waals surface area (Å²) in [6.45, 7) is 0.973. The van der Waals surface area contributed by atoms with Crippen LogP contribution in [-0.4, -0.2) is 67.4 Å². The number of sulfone groups is 1. The van der Waals surface area contributed by atoms with Crippen molar-refractivity contribution in [1.29, 1.82) is 0 Å². The maximum absolute atomic E-state index is 14.4. The zero-order valence-corrected chi connectivity index (χ0v) is 19.2. The van der Waals surface area contributed by atoms with Crippen molar-refractivity contribution < 1.29 is 44.4 Å². The standard InChI is InChI=1S/C20H21F5N4O5S/c1-35(31,32)16-10-12(21)15(9-13(16)22)33-14-3-2-6-29(17(14)30)11-4-7-28(8-5-11)19-26-18(34-27-19)20(23,24)25/h9-11,14H,2-8H2,1H3/t14-/m1/s1. The minimum atomic E-state index is -4.74. The molecular weight excluding hydrogens is 503 g/mol. The number of carbonyl (C=O) groups excluding carboxylic acids is 1. The number of benzene rings is 1. The molecule has 0 saturated carbocycles. The van der Waals surface area contributed by atoms with E-state index in [0.717, 1.165) is 6.26 Å². The van der Waals surface area contributed by atoms with Crippen molar-refractivity contribution in [1.82, 2.24) is 15.0 Å². The lowest BCUT2D eigenvalue weighted by Crippen LogP contribution is -2.54. The number of rotatable bonds is 5. The van der Waals surface area contributed by atoms with Gasteiger partial charge in [-0.15, -0.1) is 0 Å². The number of piperidine rings is 2. The molecule has 0 radical (unpaired) electrons. The summed E-state index contributed by atoms with van der Waals surface area (Å²) < 4.78 is 99.5. The number of nitrogens with zero attached hydrogens (tertiary/aromatic N) is 4. The molecule has 35 heavy (non-hydrogen) atoms. The smallest absolute Gasteiger partial charge is 0.471 e. The van der Waals surface area contributed by atoms with Gasteiger partial charge in [-0.2, -0.15) is 18.2 Å². The molecule has 0 spiro atoms. The first-order chi connectivity index (χ1) is 16.3. The monoisotopic (exact) mass is 524 g/mol. The van der Waals surface area contributed by atoms with E-state index in [0.29, 0.717) is 37.9 Å². The van der Waals surface area contributed by atoms with E-state index in [-0.39, 0.29) is 31.5 Å². The van der Waals surface area contributed by atoms with Crippen molar-refractivity contribution >= 4 is 21.7 Å². The van der Waals surface area contributed by atoms with E-state index in [1.165, 1.54) is 4.90 Å². The Bertz CT molecular complexity index is 1210. The number of alkyl halides is 3. The summed E-state index contributed by atoms with van der Waals surface area (Å²) in [5, 5.41) is 3.37. The Morgan fingerprint density at radius 2 is 1.77 bits per heavy atom. The molecule has 2 aromatic rings. The molecule has 0 unspecified atom stereocenters. The van der Waals surface area contributed by atoms with Crippen molar-refractivity contribution in [3.05, 3.63) is 29.7 Å². The average molecular weight is 524 g/mol. The maximum Gasteiger partial charge on any atom is 0.471 e. The van der Waals surface area contributed by atoms with Crippen LogP contribution in [0.1, 0.15) is 31.6 Å². The van der Waals surface area contributed by atoms with E-state index in [2.05, 4.69) is 14.7 Å². The van der Waals surface area contributed by atoms with Gasteiger partial charge in [-0.1, -0.05) is 0 Å². The predicted octanol–water partition coefficient (Wildman–Crippen LogP) is 2.81. The second-order valence-corrected chi connectivity index (χ2v) is 10.4. The molecule has 1 aromatic carbocycles. The van der Waals surface area contributed by atoms with Gasteiger partial charge >= 0.3 is 12.1 Å². The van der Waals surface area contributed by atoms with Crippen LogP contribution in [0.4, 0.5) is 27.9 Å². The van der Waals surface area contributed by atoms with Gasteiger partial charge in [0.25, 0.3) is 11.9 Å². The molecule has 0 bridgehead atoms. The zero-order valence-electron chi connectivity index (χ0n) is 18.4. The summed E-state index contributed by atoms with van der Waals surface area (Å²) in [6, 6.07) is 0.882. The van der Waals surface area contributed by atoms with Gasteiger partial charge in [0.2, 0.25) is 0 Å². The molecule has 4 rings (SSSR count). The van der Waals surface area contributed by atoms with Gasteiger partial charge in [-0.05, 0) is 36.9 Å². The molecule has 2 aliphatic rings. The van der Waals surface area contributed by atoms with E-state index in [1.807, 2.05) is 0 Å². The van der Waals surface area contributed by atoms with Gasteiger partial charge in [0, 0.05) is 38.0 Å². The lowest BCUT2D eigenvalue weighted by atomic mass is 9.98. The van der Waals surface area contributed by atoms with Gasteiger partial charge in [0.05, 0.1) is 0 Å². The SMILES string of the molecule is CS(=O)(=O)c1cc(F)c(O[C@@H]2CCCN(C3CCN(c4noc(C(F)(F)F)n4)CC3)C2=O)cc1F. The number of anilines is 1. The number of likely N-dealkylation sites (tertiary alicyclic amines) is 1. The first kappa shape index (κ1) is 25.1. The number of carbonyl (C=O) groups is 1. The second kappa shape index (κ2) is 9.24. The molecular formula is C20H21F5N4O5S. The van der Waals surface area contributed by atoms with Crippen molar-refractivity contribution in [2.24, 2.45) is 0 Å². The molecule has 1 aromatic heterocycles. The zero-order chi connectivity index (χ0) is 25.5. The van der Waals surface area contributed by atoms with Crippen molar-refractivity contribution in [3.63, 3.8) is 0 Å². The molecule has 2 fully saturated rings. The van der Waals surface area contributed by atoms with Crippen LogP contribution in [-0.2, 0) is 20.8 Å². The summed E-state index contributed by atoms with van der Waals surface area (Å²) >= 11 is 0. The fraction of sp³-hybridized carbons (Fsp3) is 0.550. The van der Waals surface area contributed by atoms with E-state index >= 15 is 0 Å². The van der Waals surface area contributed by atoms with E-state index in [9.17, 15) is 35.2 Å². The Morgan fingerprint density at radius 3 is 2.37 bits per heavy atom. The molecule has 2 aliphatic heterocycles. The first-order valence-corrected chi connectivity index (χ1v) is 12.6. The van der Waals surface area contributed by atoms with E-state index in [1.54, 1.807) is 4.90 Å². The maximum atomic E-state index is 14.4. The van der Waals surface area contributed by atoms with Crippen LogP contribution < -0.4 is 9.64 Å². The minimum Gasteiger partial charge on any atom is -0.477 e. The number of amides is 1. The van der Waals surface area contributed by atoms with Crippen LogP contribution in [0.15, 0.2) is 21.6 Å². The van der Waals surface area contributed by atoms with Gasteiger partial charge < -0.3 is 19.1 Å². The topological polar surface area (TPSA) is 106 Å². The minimum absolute atomic E-state index is 0.183. The van der Waals surface area contributed by atoms with Crippen molar-refractivity contribution in [2.45, 2.75) is 48.9 Å². The fourth-order valence-corrected chi connectivity index (χ4v) is 4.94. The Labute approximate surface area is 196 Å². The Balaban J connectivity index is 1.40. The quantitative estimate of drug-likeness (QED) is 0.550. The van der Waals surface area contributed by atoms with Crippen LogP contribution >= 0.6 is 0 Å². The number of halogens is 5. The van der Waals surface area contributed by atoms with Crippen LogP contribution in [0, 0.1) is 11.6 Å². The Kier molecular flexibility index (Phi) is 6.64. The molecule has 9 nitrogen and oxygen atoms in total. The molecule has 192 valence electrons. The number of hydrogen-bond acceptors (Lipinski definition) is 8. The highest BCUT2D eigenvalue weighted by atomic mass is 32.2. The third-order valence-corrected chi connectivity index (χ3v) is 7.04. The Morgan fingerprint density at radius 1 is 1.09 bits per heavy atom. The average Bonchev–Trinajstić information content (AvgIpc) is 3.28. The normalized spacial score (nSPS) is 20.4. The molecule has 1 amide bonds. The molecule has 2 saturated heterocycles. The lowest BCUT2D eigenvalue weighted by molar-refractivity contribution is -0.159. The summed E-state index contributed by atoms with van der Waals surface area (Å²) in [6.07, 6.45) is -3.47. The highest BCUT2D eigenvalue weighted by molar-refractivity contribution is 7.90. The van der Waals surface area contributed by atoms with Crippen LogP contribution in [0.3, 0.4) is 0 Å². The summed E-state index contributed by atoms with van der Waals surface area (Å²) in [5.41, 5.74) is 0. The molecule has 1 atom stereocenters. The molecule has 15 heteroatoms. The van der Waals surface area contributed by atoms with Crippen LogP contribution in [0.2, 0.25) is 0 Å². The molecule has 0 N–H and O–H groups in total. The van der Waals surface area contributed by atoms with Crippen molar-refractivity contribution in [3.8, 4) is 5.75 Å². The number of aromatic nitrogens is 2. The van der Waals surface area contributed by atoms with Crippen LogP contribution in [0.5, 0.6) is 5.75 Å². The molecule has 0 aliphatic carbocycles. The predicted molar refractivity (Wildman–Crippen MR) is 109 cm³/mol. The summed E-state index contributed by atoms with van der Waals surface area (Å²) in [5.74, 6) is -4.91. The van der Waals surface area contributed by atoms with Gasteiger partial charge in [-0.3, -0.25) is 4.79 Å². The van der Waals surface area contributed by atoms with E-state index < -0.39 is 56.2 Å². The highest BCUT2D eigenvalue weighted by Crippen LogP contribution is 2.31. The summed E-state index contributed by atoms with van der Waals surface area (Å²) in [7, 11) is -3.99. The lowest BCUT2D eigenvalue weighted by Gasteiger charge is -2.41. The van der Waals surface area contributed by atoms with Gasteiger partial charge in [0.1, 0.15) is 10.7 Å². The third-order valence-electron chi connectivity index (χ3n) is 5.92. The van der Waals surface area contributed by atoms with Gasteiger partial charge in [-0.25, -0.2) is 17.2 Å². The second-order valence-electron chi connectivity index (χ2n) is 8.38. The van der Waals surface area contributed by atoms with Gasteiger partial charge in [0.15, 0.2) is 27.5 Å². The number of ether oxygens (including phenoxy) is 1. The van der Waals surface area contributed by atoms with Crippen LogP contribution in [0.25, 0.3) is 0 Å². The highest BCUT2D eigenvalue weighted by Gasteiger charge is 2.40. The summed E-state index contributed by atoms with van der Waals surface area (Å²) in [4.78, 5) is 18.7. The van der Waals surface area contributed by atoms with E-state index in [4.69, 9.17) is 4.74 Å². The fourth-order valence-electron chi connectivity index (χ4n) is 4.21. The molecule has 3 heterocycles.